The molecule has 8 heteroatoms. The summed E-state index contributed by atoms with van der Waals surface area (Å²) in [5.41, 5.74) is 1.33. The van der Waals surface area contributed by atoms with E-state index in [9.17, 15) is 4.79 Å². The predicted molar refractivity (Wildman–Crippen MR) is 90.7 cm³/mol. The molecule has 2 heterocycles. The fraction of sp³-hybridized carbons (Fsp3) is 0.353. The molecule has 8 nitrogen and oxygen atoms in total. The Morgan fingerprint density at radius 3 is 2.84 bits per heavy atom. The molecule has 1 aromatic heterocycles. The molecule has 0 spiro atoms. The molecule has 1 aliphatic rings. The van der Waals surface area contributed by atoms with Crippen LogP contribution in [0.1, 0.15) is 22.3 Å². The topological polar surface area (TPSA) is 94.6 Å². The van der Waals surface area contributed by atoms with Crippen LogP contribution in [0.25, 0.3) is 0 Å². The lowest BCUT2D eigenvalue weighted by molar-refractivity contribution is 0.0950. The van der Waals surface area contributed by atoms with Gasteiger partial charge in [-0.15, -0.1) is 0 Å². The summed E-state index contributed by atoms with van der Waals surface area (Å²) in [6, 6.07) is 5.57. The Kier molecular flexibility index (Phi) is 5.63. The minimum atomic E-state index is -0.233. The molecule has 2 N–H and O–H groups in total. The maximum absolute atomic E-state index is 12.2. The number of benzene rings is 1. The molecule has 0 fully saturated rings. The summed E-state index contributed by atoms with van der Waals surface area (Å²) in [5.74, 6) is 1.67. The molecule has 25 heavy (non-hydrogen) atoms. The molecule has 1 amide bonds. The van der Waals surface area contributed by atoms with Crippen molar-refractivity contribution in [1.29, 1.82) is 0 Å². The quantitative estimate of drug-likeness (QED) is 0.702. The Morgan fingerprint density at radius 2 is 2.04 bits per heavy atom. The Balaban J connectivity index is 1.49. The number of hydrogen-bond acceptors (Lipinski definition) is 7. The monoisotopic (exact) mass is 344 g/mol. The average Bonchev–Trinajstić information content (AvgIpc) is 3.11. The Morgan fingerprint density at radius 1 is 1.24 bits per heavy atom. The first-order valence-electron chi connectivity index (χ1n) is 7.98. The molecule has 0 saturated carbocycles. The third kappa shape index (κ3) is 4.57. The third-order valence-electron chi connectivity index (χ3n) is 3.61. The van der Waals surface area contributed by atoms with Crippen LogP contribution in [0.5, 0.6) is 11.5 Å². The van der Waals surface area contributed by atoms with Crippen LogP contribution in [-0.2, 0) is 11.3 Å². The Hall–Kier alpha value is -2.87. The number of anilines is 1. The van der Waals surface area contributed by atoms with Gasteiger partial charge in [0, 0.05) is 39.2 Å². The number of rotatable bonds is 8. The van der Waals surface area contributed by atoms with Crippen molar-refractivity contribution in [3.8, 4) is 11.5 Å². The summed E-state index contributed by atoms with van der Waals surface area (Å²) in [5, 5.41) is 5.90. The van der Waals surface area contributed by atoms with Gasteiger partial charge in [-0.2, -0.15) is 0 Å². The van der Waals surface area contributed by atoms with E-state index < -0.39 is 0 Å². The first-order chi connectivity index (χ1) is 12.3. The molecular weight excluding hydrogens is 324 g/mol. The van der Waals surface area contributed by atoms with E-state index in [4.69, 9.17) is 14.2 Å². The number of fused-ring (bicyclic) bond motifs is 1. The number of hydrogen-bond donors (Lipinski definition) is 2. The van der Waals surface area contributed by atoms with Crippen molar-refractivity contribution in [3.05, 3.63) is 41.7 Å². The van der Waals surface area contributed by atoms with Crippen LogP contribution in [-0.4, -0.2) is 42.9 Å². The number of nitrogens with zero attached hydrogens (tertiary/aromatic N) is 2. The van der Waals surface area contributed by atoms with E-state index in [0.29, 0.717) is 37.0 Å². The first kappa shape index (κ1) is 17.0. The molecule has 0 radical (unpaired) electrons. The van der Waals surface area contributed by atoms with Crippen LogP contribution in [0.15, 0.2) is 30.6 Å². The van der Waals surface area contributed by atoms with Crippen molar-refractivity contribution in [2.75, 3.05) is 32.4 Å². The van der Waals surface area contributed by atoms with Crippen LogP contribution in [0, 0.1) is 0 Å². The smallest absolute Gasteiger partial charge is 0.254 e. The second-order valence-electron chi connectivity index (χ2n) is 5.44. The van der Waals surface area contributed by atoms with E-state index in [1.807, 2.05) is 18.2 Å². The summed E-state index contributed by atoms with van der Waals surface area (Å²) in [6.45, 7) is 2.00. The van der Waals surface area contributed by atoms with Gasteiger partial charge in [-0.25, -0.2) is 9.97 Å². The van der Waals surface area contributed by atoms with Gasteiger partial charge in [0.1, 0.15) is 0 Å². The van der Waals surface area contributed by atoms with Gasteiger partial charge in [0.15, 0.2) is 11.5 Å². The number of amides is 1. The van der Waals surface area contributed by atoms with Crippen molar-refractivity contribution in [2.45, 2.75) is 13.0 Å². The molecule has 3 rings (SSSR count). The van der Waals surface area contributed by atoms with E-state index in [1.165, 1.54) is 12.4 Å². The van der Waals surface area contributed by atoms with E-state index in [0.717, 1.165) is 17.7 Å². The van der Waals surface area contributed by atoms with Crippen molar-refractivity contribution in [2.24, 2.45) is 0 Å². The van der Waals surface area contributed by atoms with Crippen LogP contribution in [0.2, 0.25) is 0 Å². The van der Waals surface area contributed by atoms with Crippen molar-refractivity contribution < 1.29 is 19.0 Å². The lowest BCUT2D eigenvalue weighted by Gasteiger charge is -2.07. The SMILES string of the molecule is COCCCNc1ncc(C(=O)NCc2ccc3c(c2)OCO3)cn1. The van der Waals surface area contributed by atoms with Gasteiger partial charge in [-0.05, 0) is 24.1 Å². The zero-order valence-electron chi connectivity index (χ0n) is 13.9. The summed E-state index contributed by atoms with van der Waals surface area (Å²) in [6.07, 6.45) is 3.86. The maximum Gasteiger partial charge on any atom is 0.254 e. The van der Waals surface area contributed by atoms with Crippen LogP contribution in [0.4, 0.5) is 5.95 Å². The number of carbonyl (C=O) groups excluding carboxylic acids is 1. The molecule has 0 saturated heterocycles. The average molecular weight is 344 g/mol. The number of aromatic nitrogens is 2. The highest BCUT2D eigenvalue weighted by Gasteiger charge is 2.14. The second-order valence-corrected chi connectivity index (χ2v) is 5.44. The molecule has 1 aromatic carbocycles. The summed E-state index contributed by atoms with van der Waals surface area (Å²) in [4.78, 5) is 20.5. The molecular formula is C17H20N4O4. The highest BCUT2D eigenvalue weighted by molar-refractivity contribution is 5.93. The summed E-state index contributed by atoms with van der Waals surface area (Å²) < 4.78 is 15.6. The molecule has 132 valence electrons. The molecule has 0 bridgehead atoms. The molecule has 1 aliphatic heterocycles. The number of carbonyl (C=O) groups is 1. The van der Waals surface area contributed by atoms with Crippen LogP contribution >= 0.6 is 0 Å². The Labute approximate surface area is 145 Å². The zero-order valence-corrected chi connectivity index (χ0v) is 13.9. The molecule has 0 atom stereocenters. The standard InChI is InChI=1S/C17H20N4O4/c1-23-6-2-5-18-17-20-9-13(10-21-17)16(22)19-8-12-3-4-14-15(7-12)25-11-24-14/h3-4,7,9-10H,2,5-6,8,11H2,1H3,(H,19,22)(H,18,20,21). The highest BCUT2D eigenvalue weighted by atomic mass is 16.7. The van der Waals surface area contributed by atoms with Crippen molar-refractivity contribution >= 4 is 11.9 Å². The second kappa shape index (κ2) is 8.29. The van der Waals surface area contributed by atoms with Gasteiger partial charge in [0.2, 0.25) is 12.7 Å². The van der Waals surface area contributed by atoms with Gasteiger partial charge in [-0.1, -0.05) is 6.07 Å². The minimum absolute atomic E-state index is 0.230. The van der Waals surface area contributed by atoms with Gasteiger partial charge in [-0.3, -0.25) is 4.79 Å². The van der Waals surface area contributed by atoms with Crippen LogP contribution < -0.4 is 20.1 Å². The fourth-order valence-corrected chi connectivity index (χ4v) is 2.29. The lowest BCUT2D eigenvalue weighted by Crippen LogP contribution is -2.23. The van der Waals surface area contributed by atoms with Gasteiger partial charge < -0.3 is 24.8 Å². The zero-order chi connectivity index (χ0) is 17.5. The van der Waals surface area contributed by atoms with Gasteiger partial charge in [0.05, 0.1) is 5.56 Å². The van der Waals surface area contributed by atoms with Gasteiger partial charge in [0.25, 0.3) is 5.91 Å². The van der Waals surface area contributed by atoms with Crippen LogP contribution in [0.3, 0.4) is 0 Å². The van der Waals surface area contributed by atoms with E-state index in [-0.39, 0.29) is 12.7 Å². The Bertz CT molecular complexity index is 721. The molecule has 2 aromatic rings. The molecule has 0 aliphatic carbocycles. The maximum atomic E-state index is 12.2. The third-order valence-corrected chi connectivity index (χ3v) is 3.61. The number of ether oxygens (including phenoxy) is 3. The summed E-state index contributed by atoms with van der Waals surface area (Å²) in [7, 11) is 1.66. The fourth-order valence-electron chi connectivity index (χ4n) is 2.29. The highest BCUT2D eigenvalue weighted by Crippen LogP contribution is 2.32. The normalized spacial score (nSPS) is 12.0. The van der Waals surface area contributed by atoms with Gasteiger partial charge >= 0.3 is 0 Å². The molecule has 0 unspecified atom stereocenters. The van der Waals surface area contributed by atoms with E-state index >= 15 is 0 Å². The first-order valence-corrected chi connectivity index (χ1v) is 7.98. The van der Waals surface area contributed by atoms with Crippen molar-refractivity contribution in [3.63, 3.8) is 0 Å². The van der Waals surface area contributed by atoms with E-state index in [2.05, 4.69) is 20.6 Å². The minimum Gasteiger partial charge on any atom is -0.454 e. The summed E-state index contributed by atoms with van der Waals surface area (Å²) >= 11 is 0. The van der Waals surface area contributed by atoms with Crippen molar-refractivity contribution in [1.82, 2.24) is 15.3 Å². The largest absolute Gasteiger partial charge is 0.454 e. The number of methoxy groups -OCH3 is 1. The lowest BCUT2D eigenvalue weighted by atomic mass is 10.2. The van der Waals surface area contributed by atoms with E-state index in [1.54, 1.807) is 7.11 Å². The predicted octanol–water partition coefficient (Wildman–Crippen LogP) is 1.58. The number of nitrogens with one attached hydrogen (secondary N) is 2.